The predicted octanol–water partition coefficient (Wildman–Crippen LogP) is 0.916. The SMILES string of the molecule is Cn1cccc1C(=O)NC(C)(C)CCO. The first-order valence-electron chi connectivity index (χ1n) is 5.01. The van der Waals surface area contributed by atoms with Gasteiger partial charge in [0, 0.05) is 25.4 Å². The van der Waals surface area contributed by atoms with E-state index in [9.17, 15) is 4.79 Å². The lowest BCUT2D eigenvalue weighted by molar-refractivity contribution is 0.0891. The topological polar surface area (TPSA) is 54.3 Å². The zero-order valence-corrected chi connectivity index (χ0v) is 9.45. The molecule has 0 spiro atoms. The van der Waals surface area contributed by atoms with Crippen LogP contribution in [0.3, 0.4) is 0 Å². The third-order valence-electron chi connectivity index (χ3n) is 2.37. The molecule has 84 valence electrons. The van der Waals surface area contributed by atoms with Gasteiger partial charge >= 0.3 is 0 Å². The van der Waals surface area contributed by atoms with Gasteiger partial charge in [0.15, 0.2) is 0 Å². The highest BCUT2D eigenvalue weighted by Gasteiger charge is 2.21. The van der Waals surface area contributed by atoms with E-state index in [2.05, 4.69) is 5.32 Å². The fraction of sp³-hybridized carbons (Fsp3) is 0.545. The standard InChI is InChI=1S/C11H18N2O2/c1-11(2,6-8-14)12-10(15)9-5-4-7-13(9)3/h4-5,7,14H,6,8H2,1-3H3,(H,12,15). The Labute approximate surface area is 89.9 Å². The summed E-state index contributed by atoms with van der Waals surface area (Å²) in [5.41, 5.74) is 0.247. The van der Waals surface area contributed by atoms with Crippen LogP contribution < -0.4 is 5.32 Å². The van der Waals surface area contributed by atoms with E-state index in [1.165, 1.54) is 0 Å². The lowest BCUT2D eigenvalue weighted by atomic mass is 10.0. The summed E-state index contributed by atoms with van der Waals surface area (Å²) in [5, 5.41) is 11.7. The highest BCUT2D eigenvalue weighted by atomic mass is 16.3. The minimum absolute atomic E-state index is 0.0699. The summed E-state index contributed by atoms with van der Waals surface area (Å²) in [6, 6.07) is 3.60. The van der Waals surface area contributed by atoms with Gasteiger partial charge in [0.2, 0.25) is 0 Å². The number of aryl methyl sites for hydroxylation is 1. The molecule has 1 rings (SSSR count). The molecule has 0 fully saturated rings. The van der Waals surface area contributed by atoms with E-state index in [-0.39, 0.29) is 18.1 Å². The molecule has 0 unspecified atom stereocenters. The zero-order chi connectivity index (χ0) is 11.5. The van der Waals surface area contributed by atoms with Crippen molar-refractivity contribution >= 4 is 5.91 Å². The normalized spacial score (nSPS) is 11.5. The fourth-order valence-electron chi connectivity index (χ4n) is 1.41. The van der Waals surface area contributed by atoms with Crippen LogP contribution in [0.25, 0.3) is 0 Å². The summed E-state index contributed by atoms with van der Waals surface area (Å²) in [4.78, 5) is 11.8. The lowest BCUT2D eigenvalue weighted by Gasteiger charge is -2.25. The molecule has 0 atom stereocenters. The average Bonchev–Trinajstić information content (AvgIpc) is 2.50. The molecule has 0 bridgehead atoms. The van der Waals surface area contributed by atoms with Gasteiger partial charge in [-0.3, -0.25) is 4.79 Å². The van der Waals surface area contributed by atoms with Crippen molar-refractivity contribution in [1.82, 2.24) is 9.88 Å². The Kier molecular flexibility index (Phi) is 3.52. The Balaban J connectivity index is 2.68. The van der Waals surface area contributed by atoms with Gasteiger partial charge < -0.3 is 15.0 Å². The van der Waals surface area contributed by atoms with Crippen molar-refractivity contribution in [2.45, 2.75) is 25.8 Å². The minimum Gasteiger partial charge on any atom is -0.396 e. The quantitative estimate of drug-likeness (QED) is 0.776. The van der Waals surface area contributed by atoms with Crippen LogP contribution in [0.2, 0.25) is 0 Å². The van der Waals surface area contributed by atoms with E-state index in [1.54, 1.807) is 10.6 Å². The maximum Gasteiger partial charge on any atom is 0.268 e. The number of carbonyl (C=O) groups excluding carboxylic acids is 1. The molecule has 1 heterocycles. The van der Waals surface area contributed by atoms with Gasteiger partial charge in [0.05, 0.1) is 0 Å². The van der Waals surface area contributed by atoms with Crippen molar-refractivity contribution in [2.24, 2.45) is 7.05 Å². The molecule has 0 radical (unpaired) electrons. The maximum atomic E-state index is 11.8. The van der Waals surface area contributed by atoms with Crippen LogP contribution in [-0.4, -0.2) is 27.7 Å². The first kappa shape index (κ1) is 11.8. The second-order valence-electron chi connectivity index (χ2n) is 4.32. The summed E-state index contributed by atoms with van der Waals surface area (Å²) < 4.78 is 1.77. The largest absolute Gasteiger partial charge is 0.396 e. The van der Waals surface area contributed by atoms with E-state index >= 15 is 0 Å². The molecule has 1 aromatic rings. The van der Waals surface area contributed by atoms with E-state index in [0.29, 0.717) is 12.1 Å². The smallest absolute Gasteiger partial charge is 0.268 e. The Morgan fingerprint density at radius 3 is 2.73 bits per heavy atom. The van der Waals surface area contributed by atoms with E-state index in [1.807, 2.05) is 33.2 Å². The number of carbonyl (C=O) groups is 1. The number of rotatable bonds is 4. The summed E-state index contributed by atoms with van der Waals surface area (Å²) in [5.74, 6) is -0.110. The molecule has 1 amide bonds. The van der Waals surface area contributed by atoms with Gasteiger partial charge in [0.25, 0.3) is 5.91 Å². The molecule has 0 aromatic carbocycles. The first-order chi connectivity index (χ1) is 6.96. The van der Waals surface area contributed by atoms with Crippen LogP contribution in [0.4, 0.5) is 0 Å². The van der Waals surface area contributed by atoms with Gasteiger partial charge in [-0.2, -0.15) is 0 Å². The van der Waals surface area contributed by atoms with Gasteiger partial charge in [-0.1, -0.05) is 0 Å². The Morgan fingerprint density at radius 1 is 1.60 bits per heavy atom. The number of nitrogens with one attached hydrogen (secondary N) is 1. The number of amides is 1. The number of nitrogens with zero attached hydrogens (tertiary/aromatic N) is 1. The lowest BCUT2D eigenvalue weighted by Crippen LogP contribution is -2.44. The summed E-state index contributed by atoms with van der Waals surface area (Å²) in [6.07, 6.45) is 2.37. The predicted molar refractivity (Wildman–Crippen MR) is 58.7 cm³/mol. The van der Waals surface area contributed by atoms with E-state index in [4.69, 9.17) is 5.11 Å². The Bertz CT molecular complexity index is 342. The Morgan fingerprint density at radius 2 is 2.27 bits per heavy atom. The van der Waals surface area contributed by atoms with Crippen molar-refractivity contribution in [3.8, 4) is 0 Å². The van der Waals surface area contributed by atoms with Crippen LogP contribution in [-0.2, 0) is 7.05 Å². The highest BCUT2D eigenvalue weighted by Crippen LogP contribution is 2.09. The fourth-order valence-corrected chi connectivity index (χ4v) is 1.41. The molecular weight excluding hydrogens is 192 g/mol. The van der Waals surface area contributed by atoms with Crippen molar-refractivity contribution < 1.29 is 9.90 Å². The Hall–Kier alpha value is -1.29. The average molecular weight is 210 g/mol. The van der Waals surface area contributed by atoms with Crippen molar-refractivity contribution in [2.75, 3.05) is 6.61 Å². The van der Waals surface area contributed by atoms with Crippen molar-refractivity contribution in [3.63, 3.8) is 0 Å². The minimum atomic E-state index is -0.379. The molecule has 0 aliphatic rings. The van der Waals surface area contributed by atoms with Gasteiger partial charge in [-0.15, -0.1) is 0 Å². The van der Waals surface area contributed by atoms with Gasteiger partial charge in [-0.05, 0) is 32.4 Å². The third-order valence-corrected chi connectivity index (χ3v) is 2.37. The van der Waals surface area contributed by atoms with Crippen LogP contribution in [0.15, 0.2) is 18.3 Å². The number of hydrogen-bond donors (Lipinski definition) is 2. The molecule has 4 heteroatoms. The van der Waals surface area contributed by atoms with Gasteiger partial charge in [-0.25, -0.2) is 0 Å². The molecule has 4 nitrogen and oxygen atoms in total. The van der Waals surface area contributed by atoms with Crippen LogP contribution >= 0.6 is 0 Å². The molecule has 1 aromatic heterocycles. The van der Waals surface area contributed by atoms with Gasteiger partial charge in [0.1, 0.15) is 5.69 Å². The van der Waals surface area contributed by atoms with Crippen LogP contribution in [0, 0.1) is 0 Å². The molecule has 15 heavy (non-hydrogen) atoms. The highest BCUT2D eigenvalue weighted by molar-refractivity contribution is 5.93. The number of hydrogen-bond acceptors (Lipinski definition) is 2. The molecule has 0 saturated carbocycles. The number of aliphatic hydroxyl groups is 1. The monoisotopic (exact) mass is 210 g/mol. The second-order valence-corrected chi connectivity index (χ2v) is 4.32. The maximum absolute atomic E-state index is 11.8. The molecule has 0 saturated heterocycles. The zero-order valence-electron chi connectivity index (χ0n) is 9.45. The summed E-state index contributed by atoms with van der Waals surface area (Å²) in [6.45, 7) is 3.86. The van der Waals surface area contributed by atoms with Crippen molar-refractivity contribution in [3.05, 3.63) is 24.0 Å². The third kappa shape index (κ3) is 3.09. The molecular formula is C11H18N2O2. The second kappa shape index (κ2) is 4.49. The first-order valence-corrected chi connectivity index (χ1v) is 5.01. The van der Waals surface area contributed by atoms with E-state index < -0.39 is 0 Å². The molecule has 0 aliphatic heterocycles. The number of aliphatic hydroxyl groups excluding tert-OH is 1. The van der Waals surface area contributed by atoms with Crippen LogP contribution in [0.5, 0.6) is 0 Å². The van der Waals surface area contributed by atoms with Crippen LogP contribution in [0.1, 0.15) is 30.8 Å². The molecule has 2 N–H and O–H groups in total. The summed E-state index contributed by atoms with van der Waals surface area (Å²) in [7, 11) is 1.83. The molecule has 0 aliphatic carbocycles. The van der Waals surface area contributed by atoms with E-state index in [0.717, 1.165) is 0 Å². The summed E-state index contributed by atoms with van der Waals surface area (Å²) >= 11 is 0. The number of aromatic nitrogens is 1. The van der Waals surface area contributed by atoms with Crippen molar-refractivity contribution in [1.29, 1.82) is 0 Å².